The summed E-state index contributed by atoms with van der Waals surface area (Å²) in [6.07, 6.45) is 0. The van der Waals surface area contributed by atoms with Crippen LogP contribution in [0, 0.1) is 24.0 Å². The fraction of sp³-hybridized carbons (Fsp3) is 0.333. The van der Waals surface area contributed by atoms with Gasteiger partial charge in [0, 0.05) is 5.56 Å². The third-order valence-electron chi connectivity index (χ3n) is 2.12. The van der Waals surface area contributed by atoms with E-state index in [1.54, 1.807) is 0 Å². The third-order valence-corrected chi connectivity index (χ3v) is 2.12. The highest BCUT2D eigenvalue weighted by Crippen LogP contribution is 2.28. The maximum atomic E-state index is 12.0. The van der Waals surface area contributed by atoms with Crippen LogP contribution in [0.4, 0.5) is 18.6 Å². The molecular weight excluding hydrogens is 238 g/mol. The third kappa shape index (κ3) is 3.65. The van der Waals surface area contributed by atoms with Crippen molar-refractivity contribution >= 4 is 12.7 Å². The summed E-state index contributed by atoms with van der Waals surface area (Å²) in [5, 5.41) is 10.6. The Hall–Kier alpha value is -1.73. The van der Waals surface area contributed by atoms with Gasteiger partial charge in [0.05, 0.1) is 17.5 Å². The molecule has 0 saturated heterocycles. The Kier molecular flexibility index (Phi) is 3.64. The molecule has 0 atom stereocenters. The van der Waals surface area contributed by atoms with E-state index < -0.39 is 18.4 Å². The summed E-state index contributed by atoms with van der Waals surface area (Å²) in [5.74, 6) is -0.110. The zero-order chi connectivity index (χ0) is 13.2. The summed E-state index contributed by atoms with van der Waals surface area (Å²) in [6.45, 7) is -3.42. The number of rotatable bonds is 4. The molecule has 0 amide bonds. The second kappa shape index (κ2) is 4.64. The van der Waals surface area contributed by atoms with Gasteiger partial charge < -0.3 is 17.7 Å². The van der Waals surface area contributed by atoms with Gasteiger partial charge in [0.2, 0.25) is 0 Å². The molecule has 1 rings (SSSR count). The molecule has 0 radical (unpaired) electrons. The van der Waals surface area contributed by atoms with Gasteiger partial charge in [0.25, 0.3) is 5.69 Å². The van der Waals surface area contributed by atoms with Gasteiger partial charge in [-0.15, -0.1) is 0 Å². The molecule has 0 unspecified atom stereocenters. The smallest absolute Gasteiger partial charge is 0.515 e. The van der Waals surface area contributed by atoms with Crippen LogP contribution in [0.3, 0.4) is 0 Å². The number of nitro groups is 1. The predicted molar refractivity (Wildman–Crippen MR) is 57.1 cm³/mol. The number of aryl methyl sites for hydroxylation is 2. The van der Waals surface area contributed by atoms with E-state index >= 15 is 0 Å². The van der Waals surface area contributed by atoms with E-state index in [0.29, 0.717) is 11.1 Å². The summed E-state index contributed by atoms with van der Waals surface area (Å²) < 4.78 is 40.6. The van der Waals surface area contributed by atoms with Gasteiger partial charge in [-0.05, 0) is 25.5 Å². The van der Waals surface area contributed by atoms with Crippen LogP contribution in [0.2, 0.25) is 0 Å². The van der Waals surface area contributed by atoms with E-state index in [1.165, 1.54) is 19.9 Å². The molecule has 1 aromatic rings. The molecule has 0 fully saturated rings. The second-order valence-corrected chi connectivity index (χ2v) is 3.68. The number of benzene rings is 1. The first-order valence-electron chi connectivity index (χ1n) is 4.80. The lowest BCUT2D eigenvalue weighted by atomic mass is 9.95. The van der Waals surface area contributed by atoms with Crippen LogP contribution in [0.25, 0.3) is 0 Å². The molecule has 1 aromatic carbocycles. The molecule has 0 N–H and O–H groups in total. The number of nitro benzene ring substituents is 1. The van der Waals surface area contributed by atoms with Crippen molar-refractivity contribution in [1.29, 1.82) is 0 Å². The van der Waals surface area contributed by atoms with Crippen molar-refractivity contribution in [2.45, 2.75) is 13.8 Å². The SMILES string of the molecule is Cc1cc(C)c([N+](=O)[O-])cc1OC[B-](F)(F)F. The van der Waals surface area contributed by atoms with E-state index in [4.69, 9.17) is 0 Å². The molecule has 0 spiro atoms. The lowest BCUT2D eigenvalue weighted by molar-refractivity contribution is -0.385. The topological polar surface area (TPSA) is 52.4 Å². The largest absolute Gasteiger partial charge is 0.521 e. The van der Waals surface area contributed by atoms with Crippen molar-refractivity contribution in [3.8, 4) is 5.75 Å². The van der Waals surface area contributed by atoms with E-state index in [9.17, 15) is 23.1 Å². The Morgan fingerprint density at radius 1 is 1.29 bits per heavy atom. The lowest BCUT2D eigenvalue weighted by Crippen LogP contribution is -2.26. The molecule has 17 heavy (non-hydrogen) atoms. The molecule has 0 aliphatic rings. The highest BCUT2D eigenvalue weighted by molar-refractivity contribution is 6.58. The first-order chi connectivity index (χ1) is 7.70. The van der Waals surface area contributed by atoms with Crippen molar-refractivity contribution in [3.05, 3.63) is 33.4 Å². The van der Waals surface area contributed by atoms with Crippen molar-refractivity contribution in [3.63, 3.8) is 0 Å². The number of ether oxygens (including phenoxy) is 1. The van der Waals surface area contributed by atoms with Gasteiger partial charge >= 0.3 is 6.98 Å². The fourth-order valence-electron chi connectivity index (χ4n) is 1.36. The van der Waals surface area contributed by atoms with Gasteiger partial charge in [0.1, 0.15) is 5.75 Å². The zero-order valence-corrected chi connectivity index (χ0v) is 9.25. The van der Waals surface area contributed by atoms with E-state index in [1.807, 2.05) is 0 Å². The monoisotopic (exact) mass is 248 g/mol. The number of hydrogen-bond acceptors (Lipinski definition) is 3. The van der Waals surface area contributed by atoms with Crippen LogP contribution in [0.5, 0.6) is 5.75 Å². The minimum atomic E-state index is -5.07. The highest BCUT2D eigenvalue weighted by atomic mass is 19.4. The normalized spacial score (nSPS) is 11.4. The standard InChI is InChI=1S/C9H10BF3NO3/c1-6-3-7(2)9(4-8(6)14(15)16)17-5-10(11,12)13/h3-4H,5H2,1-2H3/q-1. The van der Waals surface area contributed by atoms with E-state index in [0.717, 1.165) is 6.07 Å². The first-order valence-corrected chi connectivity index (χ1v) is 4.80. The Morgan fingerprint density at radius 3 is 2.35 bits per heavy atom. The molecule has 0 aliphatic heterocycles. The van der Waals surface area contributed by atoms with Gasteiger partial charge in [-0.3, -0.25) is 10.1 Å². The quantitative estimate of drug-likeness (QED) is 0.467. The van der Waals surface area contributed by atoms with Crippen molar-refractivity contribution in [1.82, 2.24) is 0 Å². The number of hydrogen-bond donors (Lipinski definition) is 0. The van der Waals surface area contributed by atoms with Gasteiger partial charge in [-0.2, -0.15) is 0 Å². The molecule has 0 saturated carbocycles. The summed E-state index contributed by atoms with van der Waals surface area (Å²) in [4.78, 5) is 9.97. The number of halogens is 3. The van der Waals surface area contributed by atoms with E-state index in [2.05, 4.69) is 4.74 Å². The average molecular weight is 248 g/mol. The Balaban J connectivity index is 3.00. The van der Waals surface area contributed by atoms with E-state index in [-0.39, 0.29) is 11.4 Å². The van der Waals surface area contributed by atoms with Gasteiger partial charge in [0.15, 0.2) is 0 Å². The van der Waals surface area contributed by atoms with Crippen LogP contribution < -0.4 is 4.74 Å². The zero-order valence-electron chi connectivity index (χ0n) is 9.25. The van der Waals surface area contributed by atoms with Crippen molar-refractivity contribution < 1.29 is 22.6 Å². The number of nitrogens with zero attached hydrogens (tertiary/aromatic N) is 1. The molecule has 4 nitrogen and oxygen atoms in total. The molecule has 8 heteroatoms. The summed E-state index contributed by atoms with van der Waals surface area (Å²) >= 11 is 0. The van der Waals surface area contributed by atoms with Gasteiger partial charge in [-0.1, -0.05) is 0 Å². The first kappa shape index (κ1) is 13.3. The van der Waals surface area contributed by atoms with Gasteiger partial charge in [-0.25, -0.2) is 0 Å². The fourth-order valence-corrected chi connectivity index (χ4v) is 1.36. The van der Waals surface area contributed by atoms with Crippen molar-refractivity contribution in [2.75, 3.05) is 6.51 Å². The summed E-state index contributed by atoms with van der Waals surface area (Å²) in [5.41, 5.74) is 0.575. The summed E-state index contributed by atoms with van der Waals surface area (Å²) in [6, 6.07) is 2.45. The molecule has 94 valence electrons. The Bertz CT molecular complexity index is 448. The molecule has 0 heterocycles. The van der Waals surface area contributed by atoms with Crippen LogP contribution >= 0.6 is 0 Å². The Labute approximate surface area is 95.6 Å². The van der Waals surface area contributed by atoms with Crippen LogP contribution in [-0.4, -0.2) is 18.4 Å². The molecular formula is C9H10BF3NO3-. The lowest BCUT2D eigenvalue weighted by Gasteiger charge is -2.16. The molecule has 0 bridgehead atoms. The van der Waals surface area contributed by atoms with Crippen molar-refractivity contribution in [2.24, 2.45) is 0 Å². The predicted octanol–water partition coefficient (Wildman–Crippen LogP) is 2.98. The Morgan fingerprint density at radius 2 is 1.88 bits per heavy atom. The average Bonchev–Trinajstić information content (AvgIpc) is 2.14. The van der Waals surface area contributed by atoms with Crippen LogP contribution in [-0.2, 0) is 0 Å². The minimum Gasteiger partial charge on any atom is -0.521 e. The second-order valence-electron chi connectivity index (χ2n) is 3.68. The minimum absolute atomic E-state index is 0.110. The molecule has 0 aromatic heterocycles. The molecule has 0 aliphatic carbocycles. The van der Waals surface area contributed by atoms with Crippen LogP contribution in [0.15, 0.2) is 12.1 Å². The maximum Gasteiger partial charge on any atom is 0.515 e. The maximum absolute atomic E-state index is 12.0. The summed E-state index contributed by atoms with van der Waals surface area (Å²) in [7, 11) is 0. The van der Waals surface area contributed by atoms with Crippen LogP contribution in [0.1, 0.15) is 11.1 Å². The highest BCUT2D eigenvalue weighted by Gasteiger charge is 2.25.